The fraction of sp³-hybridized carbons (Fsp3) is 0.182. The smallest absolute Gasteiger partial charge is 0.340 e. The molecule has 0 atom stereocenters. The fourth-order valence-electron chi connectivity index (χ4n) is 3.27. The average Bonchev–Trinajstić information content (AvgIpc) is 2.98. The van der Waals surface area contributed by atoms with Crippen molar-refractivity contribution in [3.05, 3.63) is 82.2 Å². The normalized spacial score (nSPS) is 10.2. The van der Waals surface area contributed by atoms with Crippen LogP contribution in [0, 0.1) is 31.8 Å². The summed E-state index contributed by atoms with van der Waals surface area (Å²) in [6.45, 7) is 11.4. The Balaban J connectivity index is 2.13. The number of esters is 1. The van der Waals surface area contributed by atoms with E-state index in [9.17, 15) is 4.79 Å². The highest BCUT2D eigenvalue weighted by Crippen LogP contribution is 2.34. The lowest BCUT2D eigenvalue weighted by Gasteiger charge is -2.09. The van der Waals surface area contributed by atoms with E-state index < -0.39 is 5.97 Å². The van der Waals surface area contributed by atoms with Crippen molar-refractivity contribution in [3.63, 3.8) is 0 Å². The summed E-state index contributed by atoms with van der Waals surface area (Å²) in [6, 6.07) is 12.7. The van der Waals surface area contributed by atoms with E-state index in [0.29, 0.717) is 23.4 Å². The maximum atomic E-state index is 12.5. The topological polar surface area (TPSA) is 72.3 Å². The van der Waals surface area contributed by atoms with Crippen LogP contribution in [-0.4, -0.2) is 22.6 Å². The molecule has 3 rings (SSSR count). The number of carbonyl (C=O) groups excluding carboxylic acids is 1. The molecule has 0 aliphatic rings. The van der Waals surface area contributed by atoms with E-state index >= 15 is 0 Å². The van der Waals surface area contributed by atoms with Gasteiger partial charge in [-0.05, 0) is 31.5 Å². The Kier molecular flexibility index (Phi) is 5.24. The number of hydrogen-bond acceptors (Lipinski definition) is 4. The minimum atomic E-state index is -0.406. The highest BCUT2D eigenvalue weighted by molar-refractivity contribution is 5.99. The van der Waals surface area contributed by atoms with E-state index in [1.165, 1.54) is 13.3 Å². The number of benzene rings is 1. The van der Waals surface area contributed by atoms with Crippen LogP contribution in [0.15, 0.2) is 42.6 Å². The molecule has 0 unspecified atom stereocenters. The third-order valence-electron chi connectivity index (χ3n) is 4.73. The van der Waals surface area contributed by atoms with Crippen LogP contribution in [-0.2, 0) is 11.3 Å². The summed E-state index contributed by atoms with van der Waals surface area (Å²) in [7, 11) is 1.36. The van der Waals surface area contributed by atoms with E-state index in [4.69, 9.17) is 16.6 Å². The first-order valence-corrected chi connectivity index (χ1v) is 8.61. The van der Waals surface area contributed by atoms with Crippen LogP contribution in [0.3, 0.4) is 0 Å². The standard InChI is InChI=1S/C22H18N4O2/c1-14-20(17-6-9-18(24-3)10-7-17)21(22(27)28-4)15(2)26(14)13-19-8-5-16(11-23)12-25-19/h5-10,12H,13H2,1-2,4H3. The molecule has 0 spiro atoms. The number of methoxy groups -OCH3 is 1. The third kappa shape index (κ3) is 3.36. The van der Waals surface area contributed by atoms with Gasteiger partial charge in [-0.2, -0.15) is 5.26 Å². The predicted octanol–water partition coefficient (Wildman–Crippen LogP) is 4.42. The largest absolute Gasteiger partial charge is 0.465 e. The maximum Gasteiger partial charge on any atom is 0.340 e. The number of nitriles is 1. The van der Waals surface area contributed by atoms with Gasteiger partial charge in [0, 0.05) is 23.1 Å². The molecule has 0 bridgehead atoms. The van der Waals surface area contributed by atoms with Gasteiger partial charge in [0.25, 0.3) is 0 Å². The Labute approximate surface area is 163 Å². The molecule has 6 heteroatoms. The van der Waals surface area contributed by atoms with Gasteiger partial charge in [-0.15, -0.1) is 0 Å². The Morgan fingerprint density at radius 3 is 2.46 bits per heavy atom. The van der Waals surface area contributed by atoms with Gasteiger partial charge in [-0.3, -0.25) is 4.98 Å². The molecule has 0 N–H and O–H groups in total. The van der Waals surface area contributed by atoms with Gasteiger partial charge in [-0.1, -0.05) is 24.3 Å². The minimum Gasteiger partial charge on any atom is -0.465 e. The van der Waals surface area contributed by atoms with Crippen LogP contribution in [0.25, 0.3) is 16.0 Å². The molecule has 3 aromatic rings. The summed E-state index contributed by atoms with van der Waals surface area (Å²) in [5.41, 5.74) is 5.64. The van der Waals surface area contributed by atoms with Gasteiger partial charge in [0.05, 0.1) is 37.0 Å². The van der Waals surface area contributed by atoms with Gasteiger partial charge in [0.1, 0.15) is 6.07 Å². The van der Waals surface area contributed by atoms with Crippen LogP contribution >= 0.6 is 0 Å². The van der Waals surface area contributed by atoms with Gasteiger partial charge < -0.3 is 9.30 Å². The highest BCUT2D eigenvalue weighted by Gasteiger charge is 2.25. The van der Waals surface area contributed by atoms with Gasteiger partial charge >= 0.3 is 5.97 Å². The van der Waals surface area contributed by atoms with Gasteiger partial charge in [-0.25, -0.2) is 9.64 Å². The number of rotatable bonds is 4. The van der Waals surface area contributed by atoms with Crippen LogP contribution in [0.4, 0.5) is 5.69 Å². The van der Waals surface area contributed by atoms with Gasteiger partial charge in [0.15, 0.2) is 5.69 Å². The molecule has 0 amide bonds. The first-order chi connectivity index (χ1) is 13.5. The van der Waals surface area contributed by atoms with Crippen molar-refractivity contribution in [2.24, 2.45) is 0 Å². The zero-order valence-corrected chi connectivity index (χ0v) is 15.9. The number of pyridine rings is 1. The monoisotopic (exact) mass is 370 g/mol. The lowest BCUT2D eigenvalue weighted by molar-refractivity contribution is 0.0600. The molecule has 2 aromatic heterocycles. The highest BCUT2D eigenvalue weighted by atomic mass is 16.5. The second-order valence-electron chi connectivity index (χ2n) is 6.31. The first kappa shape index (κ1) is 18.9. The second-order valence-corrected chi connectivity index (χ2v) is 6.31. The average molecular weight is 370 g/mol. The third-order valence-corrected chi connectivity index (χ3v) is 4.73. The molecular weight excluding hydrogens is 352 g/mol. The molecule has 0 radical (unpaired) electrons. The number of carbonyl (C=O) groups is 1. The van der Waals surface area contributed by atoms with E-state index in [1.54, 1.807) is 24.3 Å². The molecule has 1 aromatic carbocycles. The Morgan fingerprint density at radius 2 is 1.93 bits per heavy atom. The van der Waals surface area contributed by atoms with Crippen LogP contribution in [0.5, 0.6) is 0 Å². The van der Waals surface area contributed by atoms with Crippen molar-refractivity contribution in [2.75, 3.05) is 7.11 Å². The number of hydrogen-bond donors (Lipinski definition) is 0. The van der Waals surface area contributed by atoms with Crippen molar-refractivity contribution in [2.45, 2.75) is 20.4 Å². The lowest BCUT2D eigenvalue weighted by Crippen LogP contribution is -2.08. The van der Waals surface area contributed by atoms with E-state index in [0.717, 1.165) is 28.2 Å². The summed E-state index contributed by atoms with van der Waals surface area (Å²) in [5.74, 6) is -0.406. The molecular formula is C22H18N4O2. The molecule has 0 saturated carbocycles. The summed E-state index contributed by atoms with van der Waals surface area (Å²) in [4.78, 5) is 20.3. The van der Waals surface area contributed by atoms with Crippen molar-refractivity contribution >= 4 is 11.7 Å². The molecule has 0 saturated heterocycles. The van der Waals surface area contributed by atoms with Crippen molar-refractivity contribution in [1.29, 1.82) is 5.26 Å². The van der Waals surface area contributed by atoms with E-state index in [-0.39, 0.29) is 0 Å². The molecule has 0 aliphatic heterocycles. The van der Waals surface area contributed by atoms with E-state index in [1.807, 2.05) is 30.5 Å². The number of aromatic nitrogens is 2. The molecule has 2 heterocycles. The Hall–Kier alpha value is -3.90. The number of ether oxygens (including phenoxy) is 1. The van der Waals surface area contributed by atoms with Crippen molar-refractivity contribution < 1.29 is 9.53 Å². The SMILES string of the molecule is [C-]#[N+]c1ccc(-c2c(C(=O)OC)c(C)n(Cc3ccc(C#N)cn3)c2C)cc1. The molecule has 0 fully saturated rings. The Morgan fingerprint density at radius 1 is 1.21 bits per heavy atom. The van der Waals surface area contributed by atoms with Crippen LogP contribution in [0.1, 0.15) is 33.0 Å². The molecule has 6 nitrogen and oxygen atoms in total. The summed E-state index contributed by atoms with van der Waals surface area (Å²) in [6.07, 6.45) is 1.54. The van der Waals surface area contributed by atoms with Crippen LogP contribution in [0.2, 0.25) is 0 Å². The van der Waals surface area contributed by atoms with Crippen molar-refractivity contribution in [3.8, 4) is 17.2 Å². The zero-order chi connectivity index (χ0) is 20.3. The summed E-state index contributed by atoms with van der Waals surface area (Å²) < 4.78 is 7.03. The predicted molar refractivity (Wildman–Crippen MR) is 105 cm³/mol. The fourth-order valence-corrected chi connectivity index (χ4v) is 3.27. The maximum absolute atomic E-state index is 12.5. The van der Waals surface area contributed by atoms with Gasteiger partial charge in [0.2, 0.25) is 0 Å². The summed E-state index contributed by atoms with van der Waals surface area (Å²) >= 11 is 0. The molecule has 138 valence electrons. The van der Waals surface area contributed by atoms with E-state index in [2.05, 4.69) is 15.9 Å². The Bertz CT molecular complexity index is 1110. The summed E-state index contributed by atoms with van der Waals surface area (Å²) in [5, 5.41) is 8.93. The first-order valence-electron chi connectivity index (χ1n) is 8.61. The van der Waals surface area contributed by atoms with Crippen molar-refractivity contribution in [1.82, 2.24) is 9.55 Å². The number of nitrogens with zero attached hydrogens (tertiary/aromatic N) is 4. The quantitative estimate of drug-likeness (QED) is 0.503. The van der Waals surface area contributed by atoms with Crippen LogP contribution < -0.4 is 0 Å². The minimum absolute atomic E-state index is 0.406. The second kappa shape index (κ2) is 7.77. The molecule has 0 aliphatic carbocycles. The lowest BCUT2D eigenvalue weighted by atomic mass is 10.0. The molecule has 28 heavy (non-hydrogen) atoms. The zero-order valence-electron chi connectivity index (χ0n) is 15.9.